The first-order valence-electron chi connectivity index (χ1n) is 5.18. The fourth-order valence-electron chi connectivity index (χ4n) is 1.18. The van der Waals surface area contributed by atoms with Crippen LogP contribution in [0.4, 0.5) is 11.4 Å². The molecule has 1 aromatic rings. The van der Waals surface area contributed by atoms with E-state index in [1.165, 1.54) is 25.3 Å². The first kappa shape index (κ1) is 13.9. The first-order valence-corrected chi connectivity index (χ1v) is 5.18. The van der Waals surface area contributed by atoms with Crippen molar-refractivity contribution in [1.82, 2.24) is 0 Å². The number of nitro benzene ring substituents is 1. The Kier molecular flexibility index (Phi) is 3.87. The fraction of sp³-hybridized carbons (Fsp3) is 0.364. The molecule has 0 aliphatic heterocycles. The normalized spacial score (nSPS) is 10.9. The molecule has 0 spiro atoms. The Morgan fingerprint density at radius 3 is 2.56 bits per heavy atom. The maximum absolute atomic E-state index is 11.7. The van der Waals surface area contributed by atoms with Gasteiger partial charge in [-0.1, -0.05) is 0 Å². The fourth-order valence-corrected chi connectivity index (χ4v) is 1.18. The van der Waals surface area contributed by atoms with Gasteiger partial charge in [0.15, 0.2) is 0 Å². The number of hydrogen-bond acceptors (Lipinski definition) is 5. The third kappa shape index (κ3) is 3.17. The summed E-state index contributed by atoms with van der Waals surface area (Å²) in [5, 5.41) is 13.2. The van der Waals surface area contributed by atoms with Crippen molar-refractivity contribution in [2.24, 2.45) is 5.73 Å². The molecule has 1 rings (SSSR count). The van der Waals surface area contributed by atoms with E-state index in [9.17, 15) is 14.9 Å². The van der Waals surface area contributed by atoms with Crippen LogP contribution in [0.3, 0.4) is 0 Å². The molecule has 0 aromatic heterocycles. The summed E-state index contributed by atoms with van der Waals surface area (Å²) in [7, 11) is 1.36. The number of nitrogens with one attached hydrogen (secondary N) is 1. The highest BCUT2D eigenvalue weighted by Crippen LogP contribution is 2.29. The summed E-state index contributed by atoms with van der Waals surface area (Å²) in [6.45, 7) is 3.11. The Morgan fingerprint density at radius 2 is 2.11 bits per heavy atom. The minimum atomic E-state index is -1.05. The summed E-state index contributed by atoms with van der Waals surface area (Å²) in [6.07, 6.45) is 0. The topological polar surface area (TPSA) is 107 Å². The molecule has 0 aliphatic carbocycles. The van der Waals surface area contributed by atoms with Gasteiger partial charge in [-0.05, 0) is 19.9 Å². The van der Waals surface area contributed by atoms with Gasteiger partial charge in [0.1, 0.15) is 5.75 Å². The summed E-state index contributed by atoms with van der Waals surface area (Å²) in [5.41, 5.74) is 4.81. The van der Waals surface area contributed by atoms with Gasteiger partial charge in [0, 0.05) is 6.07 Å². The average Bonchev–Trinajstić information content (AvgIpc) is 2.27. The largest absolute Gasteiger partial charge is 0.494 e. The number of rotatable bonds is 4. The predicted octanol–water partition coefficient (Wildman–Crippen LogP) is 1.28. The molecule has 7 heteroatoms. The lowest BCUT2D eigenvalue weighted by Crippen LogP contribution is -2.45. The van der Waals surface area contributed by atoms with Crippen LogP contribution in [-0.2, 0) is 4.79 Å². The van der Waals surface area contributed by atoms with E-state index in [4.69, 9.17) is 10.5 Å². The Balaban J connectivity index is 3.04. The van der Waals surface area contributed by atoms with Crippen LogP contribution < -0.4 is 15.8 Å². The van der Waals surface area contributed by atoms with E-state index in [1.807, 2.05) is 0 Å². The van der Waals surface area contributed by atoms with Gasteiger partial charge in [-0.2, -0.15) is 0 Å². The van der Waals surface area contributed by atoms with Gasteiger partial charge in [0.05, 0.1) is 29.3 Å². The van der Waals surface area contributed by atoms with E-state index < -0.39 is 16.4 Å². The van der Waals surface area contributed by atoms with Crippen molar-refractivity contribution in [1.29, 1.82) is 0 Å². The van der Waals surface area contributed by atoms with Crippen molar-refractivity contribution in [3.8, 4) is 5.75 Å². The average molecular weight is 253 g/mol. The molecule has 7 nitrogen and oxygen atoms in total. The second-order valence-corrected chi connectivity index (χ2v) is 4.32. The minimum Gasteiger partial charge on any atom is -0.494 e. The van der Waals surface area contributed by atoms with Gasteiger partial charge in [0.2, 0.25) is 5.91 Å². The van der Waals surface area contributed by atoms with Crippen LogP contribution in [-0.4, -0.2) is 23.5 Å². The van der Waals surface area contributed by atoms with Gasteiger partial charge in [-0.25, -0.2) is 0 Å². The number of nitrogens with zero attached hydrogens (tertiary/aromatic N) is 1. The molecule has 0 bridgehead atoms. The third-order valence-corrected chi connectivity index (χ3v) is 2.23. The van der Waals surface area contributed by atoms with Crippen molar-refractivity contribution in [2.45, 2.75) is 19.4 Å². The summed E-state index contributed by atoms with van der Waals surface area (Å²) in [6, 6.07) is 3.92. The molecule has 0 aliphatic rings. The number of methoxy groups -OCH3 is 1. The zero-order chi connectivity index (χ0) is 13.9. The molecule has 1 amide bonds. The highest BCUT2D eigenvalue weighted by molar-refractivity contribution is 5.98. The predicted molar refractivity (Wildman–Crippen MR) is 66.5 cm³/mol. The maximum Gasteiger partial charge on any atom is 0.273 e. The number of carbonyl (C=O) groups excluding carboxylic acids is 1. The standard InChI is InChI=1S/C11H15N3O4/c1-11(2,12)10(15)13-8-5-4-7(14(16)17)6-9(8)18-3/h4-6H,12H2,1-3H3,(H,13,15). The van der Waals surface area contributed by atoms with E-state index >= 15 is 0 Å². The van der Waals surface area contributed by atoms with Gasteiger partial charge in [0.25, 0.3) is 5.69 Å². The lowest BCUT2D eigenvalue weighted by Gasteiger charge is -2.18. The molecule has 0 saturated carbocycles. The molecular weight excluding hydrogens is 238 g/mol. The smallest absolute Gasteiger partial charge is 0.273 e. The van der Waals surface area contributed by atoms with Crippen LogP contribution in [0.2, 0.25) is 0 Å². The minimum absolute atomic E-state index is 0.114. The van der Waals surface area contributed by atoms with Gasteiger partial charge < -0.3 is 15.8 Å². The van der Waals surface area contributed by atoms with Crippen molar-refractivity contribution < 1.29 is 14.5 Å². The molecule has 0 unspecified atom stereocenters. The number of anilines is 1. The van der Waals surface area contributed by atoms with Crippen LogP contribution >= 0.6 is 0 Å². The number of ether oxygens (including phenoxy) is 1. The molecular formula is C11H15N3O4. The monoisotopic (exact) mass is 253 g/mol. The molecule has 0 saturated heterocycles. The quantitative estimate of drug-likeness (QED) is 0.620. The molecule has 3 N–H and O–H groups in total. The summed E-state index contributed by atoms with van der Waals surface area (Å²) in [5.74, 6) is -0.198. The van der Waals surface area contributed by atoms with Crippen LogP contribution in [0.1, 0.15) is 13.8 Å². The second kappa shape index (κ2) is 5.01. The van der Waals surface area contributed by atoms with E-state index in [-0.39, 0.29) is 11.4 Å². The maximum atomic E-state index is 11.7. The number of hydrogen-bond donors (Lipinski definition) is 2. The zero-order valence-electron chi connectivity index (χ0n) is 10.4. The van der Waals surface area contributed by atoms with E-state index in [1.54, 1.807) is 13.8 Å². The zero-order valence-corrected chi connectivity index (χ0v) is 10.4. The van der Waals surface area contributed by atoms with Crippen LogP contribution in [0.15, 0.2) is 18.2 Å². The first-order chi connectivity index (χ1) is 8.25. The number of amides is 1. The molecule has 1 aromatic carbocycles. The number of nitro groups is 1. The molecule has 18 heavy (non-hydrogen) atoms. The lowest BCUT2D eigenvalue weighted by molar-refractivity contribution is -0.384. The molecule has 0 radical (unpaired) electrons. The summed E-state index contributed by atoms with van der Waals surface area (Å²) >= 11 is 0. The Bertz CT molecular complexity index is 480. The highest BCUT2D eigenvalue weighted by atomic mass is 16.6. The Labute approximate surface area is 104 Å². The number of non-ortho nitro benzene ring substituents is 1. The van der Waals surface area contributed by atoms with Crippen molar-refractivity contribution >= 4 is 17.3 Å². The third-order valence-electron chi connectivity index (χ3n) is 2.23. The summed E-state index contributed by atoms with van der Waals surface area (Å²) in [4.78, 5) is 21.8. The van der Waals surface area contributed by atoms with Crippen molar-refractivity contribution in [3.63, 3.8) is 0 Å². The Morgan fingerprint density at radius 1 is 1.50 bits per heavy atom. The SMILES string of the molecule is COc1cc([N+](=O)[O-])ccc1NC(=O)C(C)(C)N. The molecule has 0 fully saturated rings. The van der Waals surface area contributed by atoms with Gasteiger partial charge >= 0.3 is 0 Å². The summed E-state index contributed by atoms with van der Waals surface area (Å²) < 4.78 is 4.99. The van der Waals surface area contributed by atoms with Crippen LogP contribution in [0, 0.1) is 10.1 Å². The van der Waals surface area contributed by atoms with E-state index in [0.717, 1.165) is 0 Å². The Hall–Kier alpha value is -2.15. The van der Waals surface area contributed by atoms with Crippen molar-refractivity contribution in [3.05, 3.63) is 28.3 Å². The van der Waals surface area contributed by atoms with E-state index in [2.05, 4.69) is 5.32 Å². The van der Waals surface area contributed by atoms with Gasteiger partial charge in [-0.15, -0.1) is 0 Å². The lowest BCUT2D eigenvalue weighted by atomic mass is 10.1. The number of benzene rings is 1. The molecule has 0 atom stereocenters. The van der Waals surface area contributed by atoms with Gasteiger partial charge in [-0.3, -0.25) is 14.9 Å². The number of carbonyl (C=O) groups is 1. The number of nitrogens with two attached hydrogens (primary N) is 1. The second-order valence-electron chi connectivity index (χ2n) is 4.32. The van der Waals surface area contributed by atoms with E-state index in [0.29, 0.717) is 5.69 Å². The van der Waals surface area contributed by atoms with Crippen LogP contribution in [0.25, 0.3) is 0 Å². The molecule has 98 valence electrons. The van der Waals surface area contributed by atoms with Crippen LogP contribution in [0.5, 0.6) is 5.75 Å². The molecule has 0 heterocycles. The highest BCUT2D eigenvalue weighted by Gasteiger charge is 2.23. The van der Waals surface area contributed by atoms with Crippen molar-refractivity contribution in [2.75, 3.05) is 12.4 Å².